The van der Waals surface area contributed by atoms with Crippen LogP contribution in [-0.4, -0.2) is 45.0 Å². The third kappa shape index (κ3) is 3.53. The van der Waals surface area contributed by atoms with Crippen LogP contribution in [0, 0.1) is 18.8 Å². The maximum atomic E-state index is 10.1. The van der Waals surface area contributed by atoms with Crippen molar-refractivity contribution in [1.82, 2.24) is 15.3 Å². The third-order valence-electron chi connectivity index (χ3n) is 4.09. The number of hydrogen-bond acceptors (Lipinski definition) is 5. The van der Waals surface area contributed by atoms with Gasteiger partial charge in [-0.15, -0.1) is 0 Å². The van der Waals surface area contributed by atoms with Gasteiger partial charge in [-0.1, -0.05) is 13.8 Å². The van der Waals surface area contributed by atoms with Gasteiger partial charge in [0.1, 0.15) is 5.82 Å². The van der Waals surface area contributed by atoms with E-state index in [9.17, 15) is 10.2 Å². The molecule has 3 N–H and O–H groups in total. The minimum atomic E-state index is -0.441. The average molecular weight is 279 g/mol. The summed E-state index contributed by atoms with van der Waals surface area (Å²) in [5.74, 6) is 0.878. The van der Waals surface area contributed by atoms with Crippen LogP contribution >= 0.6 is 0 Å². The van der Waals surface area contributed by atoms with Crippen molar-refractivity contribution >= 4 is 0 Å². The molecule has 112 valence electrons. The normalized spacial score (nSPS) is 30.1. The third-order valence-corrected chi connectivity index (χ3v) is 4.09. The molecule has 1 aromatic rings. The molecule has 1 aromatic heterocycles. The Labute approximate surface area is 120 Å². The van der Waals surface area contributed by atoms with E-state index >= 15 is 0 Å². The molecule has 0 saturated heterocycles. The maximum Gasteiger partial charge on any atom is 0.125 e. The Kier molecular flexibility index (Phi) is 5.07. The lowest BCUT2D eigenvalue weighted by Crippen LogP contribution is -2.40. The Bertz CT molecular complexity index is 439. The van der Waals surface area contributed by atoms with Gasteiger partial charge in [0.2, 0.25) is 0 Å². The highest BCUT2D eigenvalue weighted by atomic mass is 16.3. The van der Waals surface area contributed by atoms with Crippen molar-refractivity contribution in [3.05, 3.63) is 23.8 Å². The van der Waals surface area contributed by atoms with Gasteiger partial charge >= 0.3 is 0 Å². The number of aliphatic hydroxyl groups is 2. The molecular formula is C15H25N3O2. The smallest absolute Gasteiger partial charge is 0.125 e. The first-order valence-corrected chi connectivity index (χ1v) is 7.34. The summed E-state index contributed by atoms with van der Waals surface area (Å²) in [4.78, 5) is 8.55. The van der Waals surface area contributed by atoms with Crippen molar-refractivity contribution < 1.29 is 10.2 Å². The number of aliphatic hydroxyl groups excluding tert-OH is 2. The maximum absolute atomic E-state index is 10.1. The van der Waals surface area contributed by atoms with Crippen molar-refractivity contribution in [2.75, 3.05) is 6.61 Å². The molecule has 1 fully saturated rings. The van der Waals surface area contributed by atoms with Crippen LogP contribution in [0.25, 0.3) is 0 Å². The van der Waals surface area contributed by atoms with Crippen LogP contribution in [0.5, 0.6) is 0 Å². The molecule has 0 radical (unpaired) electrons. The zero-order chi connectivity index (χ0) is 14.7. The Morgan fingerprint density at radius 2 is 2.15 bits per heavy atom. The van der Waals surface area contributed by atoms with Gasteiger partial charge in [-0.2, -0.15) is 0 Å². The second-order valence-electron chi connectivity index (χ2n) is 6.04. The number of hydrogen-bond donors (Lipinski definition) is 3. The van der Waals surface area contributed by atoms with E-state index < -0.39 is 6.10 Å². The molecular weight excluding hydrogens is 254 g/mol. The fourth-order valence-corrected chi connectivity index (χ4v) is 3.22. The van der Waals surface area contributed by atoms with E-state index in [0.717, 1.165) is 17.9 Å². The number of rotatable bonds is 5. The molecule has 5 heteroatoms. The van der Waals surface area contributed by atoms with Gasteiger partial charge in [0.05, 0.1) is 6.10 Å². The molecule has 0 bridgehead atoms. The highest BCUT2D eigenvalue weighted by Gasteiger charge is 2.42. The predicted molar refractivity (Wildman–Crippen MR) is 77.2 cm³/mol. The number of aryl methyl sites for hydroxylation is 1. The van der Waals surface area contributed by atoms with Gasteiger partial charge < -0.3 is 15.5 Å². The average Bonchev–Trinajstić information content (AvgIpc) is 2.64. The second kappa shape index (κ2) is 6.61. The molecule has 4 atom stereocenters. The van der Waals surface area contributed by atoms with Crippen LogP contribution in [0.3, 0.4) is 0 Å². The Hall–Kier alpha value is -1.04. The number of nitrogens with one attached hydrogen (secondary N) is 1. The lowest BCUT2D eigenvalue weighted by atomic mass is 9.88. The van der Waals surface area contributed by atoms with Crippen LogP contribution in [0.15, 0.2) is 12.3 Å². The van der Waals surface area contributed by atoms with Gasteiger partial charge in [0.25, 0.3) is 0 Å². The van der Waals surface area contributed by atoms with Gasteiger partial charge in [-0.3, -0.25) is 0 Å². The van der Waals surface area contributed by atoms with E-state index in [-0.39, 0.29) is 24.5 Å². The standard InChI is InChI=1S/C15H25N3O2/c1-9(2)17-14-7-15(20)13(8-19)12(14)6-11-4-5-16-10(3)18-11/h4-5,9,12-15,17,19-20H,6-8H2,1-3H3/t12-,13-,14-,15-/m1/s1. The molecule has 0 unspecified atom stereocenters. The van der Waals surface area contributed by atoms with Crippen LogP contribution in [-0.2, 0) is 6.42 Å². The molecule has 5 nitrogen and oxygen atoms in total. The molecule has 2 rings (SSSR count). The SMILES string of the molecule is Cc1nccc(C[C@@H]2[C@@H](CO)[C@H](O)C[C@H]2NC(C)C)n1. The fourth-order valence-electron chi connectivity index (χ4n) is 3.22. The molecule has 1 aliphatic rings. The number of nitrogens with zero attached hydrogens (tertiary/aromatic N) is 2. The zero-order valence-corrected chi connectivity index (χ0v) is 12.5. The molecule has 1 heterocycles. The first-order valence-electron chi connectivity index (χ1n) is 7.34. The van der Waals surface area contributed by atoms with Crippen LogP contribution in [0.1, 0.15) is 31.8 Å². The summed E-state index contributed by atoms with van der Waals surface area (Å²) in [5, 5.41) is 23.2. The Morgan fingerprint density at radius 1 is 1.40 bits per heavy atom. The minimum Gasteiger partial charge on any atom is -0.396 e. The highest BCUT2D eigenvalue weighted by molar-refractivity contribution is 5.07. The molecule has 0 aliphatic heterocycles. The zero-order valence-electron chi connectivity index (χ0n) is 12.5. The van der Waals surface area contributed by atoms with Crippen LogP contribution in [0.2, 0.25) is 0 Å². The van der Waals surface area contributed by atoms with Crippen molar-refractivity contribution in [3.8, 4) is 0 Å². The summed E-state index contributed by atoms with van der Waals surface area (Å²) in [5.41, 5.74) is 0.977. The molecule has 20 heavy (non-hydrogen) atoms. The van der Waals surface area contributed by atoms with E-state index in [0.29, 0.717) is 12.5 Å². The van der Waals surface area contributed by atoms with Gasteiger partial charge in [-0.25, -0.2) is 9.97 Å². The fraction of sp³-hybridized carbons (Fsp3) is 0.733. The van der Waals surface area contributed by atoms with Crippen LogP contribution in [0.4, 0.5) is 0 Å². The molecule has 1 saturated carbocycles. The quantitative estimate of drug-likeness (QED) is 0.739. The van der Waals surface area contributed by atoms with Crippen LogP contribution < -0.4 is 5.32 Å². The van der Waals surface area contributed by atoms with Crippen molar-refractivity contribution in [1.29, 1.82) is 0 Å². The minimum absolute atomic E-state index is 0.0200. The van der Waals surface area contributed by atoms with E-state index in [2.05, 4.69) is 29.1 Å². The van der Waals surface area contributed by atoms with Gasteiger partial charge in [0.15, 0.2) is 0 Å². The second-order valence-corrected chi connectivity index (χ2v) is 6.04. The summed E-state index contributed by atoms with van der Waals surface area (Å²) < 4.78 is 0. The summed E-state index contributed by atoms with van der Waals surface area (Å²) in [6.45, 7) is 6.10. The van der Waals surface area contributed by atoms with Crippen molar-refractivity contribution in [2.24, 2.45) is 11.8 Å². The van der Waals surface area contributed by atoms with E-state index in [1.807, 2.05) is 13.0 Å². The highest BCUT2D eigenvalue weighted by Crippen LogP contribution is 2.34. The van der Waals surface area contributed by atoms with Gasteiger partial charge in [-0.05, 0) is 31.7 Å². The lowest BCUT2D eigenvalue weighted by molar-refractivity contribution is 0.0715. The largest absolute Gasteiger partial charge is 0.396 e. The Balaban J connectivity index is 2.15. The van der Waals surface area contributed by atoms with Crippen molar-refractivity contribution in [2.45, 2.75) is 51.8 Å². The summed E-state index contributed by atoms with van der Waals surface area (Å²) in [7, 11) is 0. The first kappa shape index (κ1) is 15.4. The topological polar surface area (TPSA) is 78.3 Å². The molecule has 0 spiro atoms. The summed E-state index contributed by atoms with van der Waals surface area (Å²) in [6, 6.07) is 2.50. The monoisotopic (exact) mass is 279 g/mol. The summed E-state index contributed by atoms with van der Waals surface area (Å²) in [6.07, 6.45) is 2.78. The van der Waals surface area contributed by atoms with E-state index in [1.54, 1.807) is 6.20 Å². The summed E-state index contributed by atoms with van der Waals surface area (Å²) >= 11 is 0. The molecule has 1 aliphatic carbocycles. The van der Waals surface area contributed by atoms with Gasteiger partial charge in [0, 0.05) is 36.5 Å². The Morgan fingerprint density at radius 3 is 2.75 bits per heavy atom. The first-order chi connectivity index (χ1) is 9.51. The number of aromatic nitrogens is 2. The predicted octanol–water partition coefficient (Wildman–Crippen LogP) is 0.683. The molecule has 0 aromatic carbocycles. The van der Waals surface area contributed by atoms with E-state index in [1.165, 1.54) is 0 Å². The lowest BCUT2D eigenvalue weighted by Gasteiger charge is -2.26. The van der Waals surface area contributed by atoms with E-state index in [4.69, 9.17) is 0 Å². The van der Waals surface area contributed by atoms with Crippen molar-refractivity contribution in [3.63, 3.8) is 0 Å². The molecule has 0 amide bonds.